The third kappa shape index (κ3) is 4.89. The van der Waals surface area contributed by atoms with Gasteiger partial charge in [-0.2, -0.15) is 4.98 Å². The number of hydrogen-bond acceptors (Lipinski definition) is 8. The van der Waals surface area contributed by atoms with E-state index in [1.54, 1.807) is 24.3 Å². The van der Waals surface area contributed by atoms with E-state index >= 15 is 0 Å². The molecular formula is C20H24N8O. The predicted octanol–water partition coefficient (Wildman–Crippen LogP) is 1.64. The number of allylic oxidation sites excluding steroid dienone is 1. The monoisotopic (exact) mass is 392 g/mol. The van der Waals surface area contributed by atoms with Gasteiger partial charge in [-0.05, 0) is 36.8 Å². The highest BCUT2D eigenvalue weighted by atomic mass is 16.1. The number of nitrogen functional groups attached to an aromatic ring is 2. The fourth-order valence-electron chi connectivity index (χ4n) is 2.85. The van der Waals surface area contributed by atoms with Crippen molar-refractivity contribution in [1.29, 1.82) is 5.41 Å². The maximum absolute atomic E-state index is 12.6. The molecule has 0 radical (unpaired) electrons. The van der Waals surface area contributed by atoms with Crippen LogP contribution < -0.4 is 22.1 Å². The lowest BCUT2D eigenvalue weighted by Gasteiger charge is -2.22. The van der Waals surface area contributed by atoms with Gasteiger partial charge in [-0.1, -0.05) is 12.2 Å². The van der Waals surface area contributed by atoms with E-state index in [2.05, 4.69) is 20.6 Å². The highest BCUT2D eigenvalue weighted by Gasteiger charge is 2.19. The van der Waals surface area contributed by atoms with Crippen LogP contribution in [0.5, 0.6) is 0 Å². The molecule has 1 aromatic heterocycles. The first-order chi connectivity index (χ1) is 13.8. The minimum absolute atomic E-state index is 0.143. The van der Waals surface area contributed by atoms with Gasteiger partial charge in [0.05, 0.1) is 6.04 Å². The average molecular weight is 392 g/mol. The molecule has 1 heterocycles. The van der Waals surface area contributed by atoms with E-state index in [0.29, 0.717) is 29.2 Å². The molecule has 0 bridgehead atoms. The van der Waals surface area contributed by atoms with E-state index in [0.717, 1.165) is 5.70 Å². The minimum atomic E-state index is -0.489. The number of carbonyl (C=O) groups excluding carboxylic acids is 1. The number of nitrogens with two attached hydrogens (primary N) is 2. The normalized spacial score (nSPS) is 15.4. The Balaban J connectivity index is 1.70. The molecule has 1 atom stereocenters. The van der Waals surface area contributed by atoms with Crippen LogP contribution in [-0.4, -0.2) is 46.6 Å². The lowest BCUT2D eigenvalue weighted by atomic mass is 10.0. The first kappa shape index (κ1) is 19.9. The second-order valence-electron chi connectivity index (χ2n) is 6.80. The van der Waals surface area contributed by atoms with Gasteiger partial charge in [0, 0.05) is 42.9 Å². The number of anilines is 4. The third-order valence-electron chi connectivity index (χ3n) is 4.41. The lowest BCUT2D eigenvalue weighted by Crippen LogP contribution is -2.39. The molecule has 0 fully saturated rings. The number of aromatic nitrogens is 2. The molecule has 2 aromatic rings. The molecule has 0 saturated heterocycles. The van der Waals surface area contributed by atoms with E-state index in [9.17, 15) is 4.79 Å². The van der Waals surface area contributed by atoms with Crippen molar-refractivity contribution in [1.82, 2.24) is 20.2 Å². The van der Waals surface area contributed by atoms with Crippen molar-refractivity contribution in [3.8, 4) is 0 Å². The van der Waals surface area contributed by atoms with Gasteiger partial charge >= 0.3 is 0 Å². The zero-order valence-corrected chi connectivity index (χ0v) is 16.3. The van der Waals surface area contributed by atoms with Gasteiger partial charge in [0.2, 0.25) is 5.95 Å². The summed E-state index contributed by atoms with van der Waals surface area (Å²) in [4.78, 5) is 22.5. The van der Waals surface area contributed by atoms with Crippen LogP contribution in [0.3, 0.4) is 0 Å². The zero-order valence-electron chi connectivity index (χ0n) is 16.3. The fraction of sp³-hybridized carbons (Fsp3) is 0.200. The second kappa shape index (κ2) is 8.42. The number of amides is 1. The molecule has 7 N–H and O–H groups in total. The Bertz CT molecular complexity index is 996. The van der Waals surface area contributed by atoms with Crippen molar-refractivity contribution in [2.24, 2.45) is 0 Å². The van der Waals surface area contributed by atoms with E-state index < -0.39 is 5.91 Å². The fourth-order valence-corrected chi connectivity index (χ4v) is 2.85. The second-order valence-corrected chi connectivity index (χ2v) is 6.80. The van der Waals surface area contributed by atoms with Crippen LogP contribution >= 0.6 is 0 Å². The van der Waals surface area contributed by atoms with Gasteiger partial charge in [0.1, 0.15) is 11.5 Å². The van der Waals surface area contributed by atoms with Crippen molar-refractivity contribution in [2.75, 3.05) is 30.9 Å². The van der Waals surface area contributed by atoms with Crippen LogP contribution in [0.15, 0.2) is 54.4 Å². The Morgan fingerprint density at radius 1 is 1.28 bits per heavy atom. The van der Waals surface area contributed by atoms with E-state index in [1.807, 2.05) is 37.2 Å². The van der Waals surface area contributed by atoms with Crippen molar-refractivity contribution in [3.63, 3.8) is 0 Å². The van der Waals surface area contributed by atoms with Gasteiger partial charge in [-0.3, -0.25) is 10.2 Å². The number of likely N-dealkylation sites (N-methyl/N-ethyl adjacent to an activating group) is 1. The molecule has 3 rings (SSSR count). The summed E-state index contributed by atoms with van der Waals surface area (Å²) in [7, 11) is 3.93. The summed E-state index contributed by atoms with van der Waals surface area (Å²) in [5, 5.41) is 14.2. The van der Waals surface area contributed by atoms with Gasteiger partial charge in [0.15, 0.2) is 0 Å². The average Bonchev–Trinajstić information content (AvgIpc) is 2.69. The molecule has 150 valence electrons. The standard InChI is InChI=1S/C20H24N8O/c1-28(2)14-6-3-12(4-7-14)26-19(29)18(22)15-11-13(5-8-16(15)21)25-17-9-10-24-20(23)27-17/h3,5-12,22H,4,21H2,1-2H3,(H,26,29)(H3,23,24,25,27)/t12-/m0/s1. The van der Waals surface area contributed by atoms with Gasteiger partial charge in [0.25, 0.3) is 5.91 Å². The van der Waals surface area contributed by atoms with Crippen LogP contribution in [0, 0.1) is 5.41 Å². The number of nitrogens with zero attached hydrogens (tertiary/aromatic N) is 3. The molecule has 1 amide bonds. The molecule has 1 aliphatic rings. The molecule has 1 aliphatic carbocycles. The molecule has 9 nitrogen and oxygen atoms in total. The topological polar surface area (TPSA) is 146 Å². The van der Waals surface area contributed by atoms with Crippen LogP contribution in [0.1, 0.15) is 12.0 Å². The van der Waals surface area contributed by atoms with Crippen LogP contribution in [0.4, 0.5) is 23.1 Å². The number of benzene rings is 1. The first-order valence-corrected chi connectivity index (χ1v) is 9.04. The molecule has 0 aliphatic heterocycles. The highest BCUT2D eigenvalue weighted by Crippen LogP contribution is 2.22. The van der Waals surface area contributed by atoms with Gasteiger partial charge in [-0.25, -0.2) is 4.98 Å². The van der Waals surface area contributed by atoms with E-state index in [1.165, 1.54) is 6.20 Å². The Labute approximate surface area is 169 Å². The third-order valence-corrected chi connectivity index (χ3v) is 4.41. The molecule has 0 saturated carbocycles. The van der Waals surface area contributed by atoms with E-state index in [-0.39, 0.29) is 17.7 Å². The summed E-state index contributed by atoms with van der Waals surface area (Å²) in [6, 6.07) is 6.50. The van der Waals surface area contributed by atoms with Crippen LogP contribution in [0.25, 0.3) is 0 Å². The van der Waals surface area contributed by atoms with Gasteiger partial charge < -0.3 is 27.0 Å². The first-order valence-electron chi connectivity index (χ1n) is 9.04. The lowest BCUT2D eigenvalue weighted by molar-refractivity contribution is -0.115. The largest absolute Gasteiger partial charge is 0.398 e. The van der Waals surface area contributed by atoms with Crippen molar-refractivity contribution < 1.29 is 4.79 Å². The Morgan fingerprint density at radius 2 is 2.07 bits per heavy atom. The molecule has 1 aromatic carbocycles. The van der Waals surface area contributed by atoms with Crippen molar-refractivity contribution in [3.05, 3.63) is 60.0 Å². The maximum Gasteiger partial charge on any atom is 0.270 e. The predicted molar refractivity (Wildman–Crippen MR) is 115 cm³/mol. The minimum Gasteiger partial charge on any atom is -0.398 e. The SMILES string of the molecule is CN(C)C1=CC[C@@H](NC(=O)C(=N)c2cc(Nc3ccnc(N)n3)ccc2N)C=C1. The highest BCUT2D eigenvalue weighted by molar-refractivity contribution is 6.45. The quantitative estimate of drug-likeness (QED) is 0.371. The maximum atomic E-state index is 12.6. The summed E-state index contributed by atoms with van der Waals surface area (Å²) in [6.45, 7) is 0. The smallest absolute Gasteiger partial charge is 0.270 e. The number of rotatable bonds is 6. The molecule has 0 unspecified atom stereocenters. The van der Waals surface area contributed by atoms with Gasteiger partial charge in [-0.15, -0.1) is 0 Å². The number of carbonyl (C=O) groups is 1. The summed E-state index contributed by atoms with van der Waals surface area (Å²) in [5.41, 5.74) is 13.8. The molecule has 0 spiro atoms. The Morgan fingerprint density at radius 3 is 2.72 bits per heavy atom. The Hall–Kier alpha value is -3.88. The zero-order chi connectivity index (χ0) is 21.0. The van der Waals surface area contributed by atoms with Crippen molar-refractivity contribution in [2.45, 2.75) is 12.5 Å². The van der Waals surface area contributed by atoms with Crippen LogP contribution in [-0.2, 0) is 4.79 Å². The summed E-state index contributed by atoms with van der Waals surface area (Å²) >= 11 is 0. The summed E-state index contributed by atoms with van der Waals surface area (Å²) in [6.07, 6.45) is 8.11. The molecule has 29 heavy (non-hydrogen) atoms. The molecule has 9 heteroatoms. The summed E-state index contributed by atoms with van der Waals surface area (Å²) in [5.74, 6) is 0.154. The Kier molecular flexibility index (Phi) is 5.77. The van der Waals surface area contributed by atoms with Crippen molar-refractivity contribution >= 4 is 34.8 Å². The van der Waals surface area contributed by atoms with E-state index in [4.69, 9.17) is 16.9 Å². The number of hydrogen-bond donors (Lipinski definition) is 5. The number of nitrogens with one attached hydrogen (secondary N) is 3. The summed E-state index contributed by atoms with van der Waals surface area (Å²) < 4.78 is 0. The van der Waals surface area contributed by atoms with Crippen LogP contribution in [0.2, 0.25) is 0 Å². The molecular weight excluding hydrogens is 368 g/mol.